The average molecular weight is 330 g/mol. The summed E-state index contributed by atoms with van der Waals surface area (Å²) in [5.74, 6) is 1.76. The van der Waals surface area contributed by atoms with Crippen molar-refractivity contribution in [3.63, 3.8) is 0 Å². The molecule has 0 saturated carbocycles. The molecule has 24 heavy (non-hydrogen) atoms. The Balaban J connectivity index is 1.96. The van der Waals surface area contributed by atoms with Crippen LogP contribution < -0.4 is 4.74 Å². The number of aromatic hydroxyl groups is 1. The van der Waals surface area contributed by atoms with Gasteiger partial charge in [-0.05, 0) is 62.8 Å². The lowest BCUT2D eigenvalue weighted by atomic mass is 9.67. The summed E-state index contributed by atoms with van der Waals surface area (Å²) in [5.41, 5.74) is 2.91. The molecule has 0 unspecified atom stereocenters. The van der Waals surface area contributed by atoms with E-state index in [1.54, 1.807) is 0 Å². The monoisotopic (exact) mass is 330 g/mol. The largest absolute Gasteiger partial charge is 0.508 e. The zero-order valence-electron chi connectivity index (χ0n) is 15.1. The minimum atomic E-state index is -0.260. The van der Waals surface area contributed by atoms with Gasteiger partial charge < -0.3 is 14.9 Å². The Labute approximate surface area is 145 Å². The maximum absolute atomic E-state index is 10.7. The van der Waals surface area contributed by atoms with Crippen molar-refractivity contribution < 1.29 is 14.9 Å². The maximum atomic E-state index is 10.7. The van der Waals surface area contributed by atoms with Gasteiger partial charge in [0.05, 0.1) is 6.61 Å². The first kappa shape index (κ1) is 17.3. The zero-order valence-corrected chi connectivity index (χ0v) is 15.1. The molecule has 3 nitrogen and oxygen atoms in total. The number of aliphatic hydroxyl groups excluding tert-OH is 1. The number of unbranched alkanes of at least 4 members (excludes halogenated alkanes) is 2. The van der Waals surface area contributed by atoms with Gasteiger partial charge >= 0.3 is 0 Å². The van der Waals surface area contributed by atoms with Gasteiger partial charge in [0.15, 0.2) is 0 Å². The summed E-state index contributed by atoms with van der Waals surface area (Å²) in [6.07, 6.45) is 8.37. The molecular formula is C21H30O3. The number of rotatable bonds is 5. The highest BCUT2D eigenvalue weighted by Crippen LogP contribution is 2.54. The van der Waals surface area contributed by atoms with E-state index >= 15 is 0 Å². The van der Waals surface area contributed by atoms with Gasteiger partial charge in [-0.25, -0.2) is 0 Å². The van der Waals surface area contributed by atoms with E-state index in [1.165, 1.54) is 12.8 Å². The molecule has 1 aromatic rings. The van der Waals surface area contributed by atoms with Crippen molar-refractivity contribution in [1.82, 2.24) is 0 Å². The molecule has 3 rings (SSSR count). The molecule has 0 bridgehead atoms. The lowest BCUT2D eigenvalue weighted by molar-refractivity contribution is 0.00673. The molecule has 0 spiro atoms. The van der Waals surface area contributed by atoms with Gasteiger partial charge in [0.2, 0.25) is 0 Å². The van der Waals surface area contributed by atoms with E-state index in [4.69, 9.17) is 4.74 Å². The molecule has 1 heterocycles. The normalized spacial score (nSPS) is 24.6. The van der Waals surface area contributed by atoms with Crippen LogP contribution in [0.1, 0.15) is 69.9 Å². The Morgan fingerprint density at radius 1 is 1.25 bits per heavy atom. The van der Waals surface area contributed by atoms with E-state index in [0.717, 1.165) is 48.1 Å². The highest BCUT2D eigenvalue weighted by molar-refractivity contribution is 5.52. The first-order chi connectivity index (χ1) is 11.5. The molecule has 0 saturated heterocycles. The van der Waals surface area contributed by atoms with Crippen molar-refractivity contribution in [2.24, 2.45) is 5.92 Å². The van der Waals surface area contributed by atoms with Gasteiger partial charge in [0, 0.05) is 17.4 Å². The van der Waals surface area contributed by atoms with Crippen LogP contribution in [0.25, 0.3) is 0 Å². The number of phenolic OH excluding ortho intramolecular Hbond substituents is 1. The van der Waals surface area contributed by atoms with Gasteiger partial charge in [-0.1, -0.05) is 25.8 Å². The van der Waals surface area contributed by atoms with Gasteiger partial charge in [0.25, 0.3) is 0 Å². The highest BCUT2D eigenvalue weighted by atomic mass is 16.5. The van der Waals surface area contributed by atoms with Gasteiger partial charge in [-0.2, -0.15) is 0 Å². The Hall–Kier alpha value is -1.48. The van der Waals surface area contributed by atoms with Crippen molar-refractivity contribution in [3.05, 3.63) is 34.9 Å². The van der Waals surface area contributed by atoms with Crippen LogP contribution in [0, 0.1) is 5.92 Å². The average Bonchev–Trinajstić information content (AvgIpc) is 2.53. The van der Waals surface area contributed by atoms with Crippen LogP contribution in [0.4, 0.5) is 0 Å². The molecule has 2 aliphatic rings. The molecule has 3 heteroatoms. The standard InChI is InChI=1S/C21H30O3/c1-4-5-6-7-14-11-18(23)20-16-10-15(13-22)8-9-17(16)21(2,3)24-19(20)12-14/h8,11-12,16-17,22-23H,4-7,9-10,13H2,1-3H3/t16-,17+/m1/s1. The topological polar surface area (TPSA) is 49.7 Å². The Bertz CT molecular complexity index is 630. The summed E-state index contributed by atoms with van der Waals surface area (Å²) in [5, 5.41) is 20.2. The second-order valence-electron chi connectivity index (χ2n) is 7.86. The molecule has 0 aromatic heterocycles. The van der Waals surface area contributed by atoms with Crippen molar-refractivity contribution >= 4 is 0 Å². The Morgan fingerprint density at radius 2 is 2.04 bits per heavy atom. The van der Waals surface area contributed by atoms with Crippen molar-refractivity contribution in [1.29, 1.82) is 0 Å². The van der Waals surface area contributed by atoms with Crippen LogP contribution in [0.5, 0.6) is 11.5 Å². The minimum Gasteiger partial charge on any atom is -0.508 e. The predicted octanol–water partition coefficient (Wildman–Crippen LogP) is 4.71. The number of hydrogen-bond donors (Lipinski definition) is 2. The second kappa shape index (κ2) is 6.79. The fraction of sp³-hybridized carbons (Fsp3) is 0.619. The van der Waals surface area contributed by atoms with Crippen molar-refractivity contribution in [2.45, 2.75) is 70.8 Å². The summed E-state index contributed by atoms with van der Waals surface area (Å²) in [4.78, 5) is 0. The number of phenols is 1. The third kappa shape index (κ3) is 3.19. The summed E-state index contributed by atoms with van der Waals surface area (Å²) >= 11 is 0. The molecule has 132 valence electrons. The van der Waals surface area contributed by atoms with Gasteiger partial charge in [0.1, 0.15) is 17.1 Å². The molecular weight excluding hydrogens is 300 g/mol. The fourth-order valence-corrected chi connectivity index (χ4v) is 4.37. The molecule has 1 aromatic carbocycles. The zero-order chi connectivity index (χ0) is 17.3. The minimum absolute atomic E-state index is 0.107. The second-order valence-corrected chi connectivity index (χ2v) is 7.86. The third-order valence-electron chi connectivity index (χ3n) is 5.72. The van der Waals surface area contributed by atoms with Crippen LogP contribution in [0.2, 0.25) is 0 Å². The summed E-state index contributed by atoms with van der Waals surface area (Å²) in [7, 11) is 0. The lowest BCUT2D eigenvalue weighted by Crippen LogP contribution is -2.45. The van der Waals surface area contributed by atoms with E-state index in [1.807, 2.05) is 6.07 Å². The third-order valence-corrected chi connectivity index (χ3v) is 5.72. The number of fused-ring (bicyclic) bond motifs is 3. The van der Waals surface area contributed by atoms with Crippen molar-refractivity contribution in [2.75, 3.05) is 6.61 Å². The fourth-order valence-electron chi connectivity index (χ4n) is 4.37. The number of hydrogen-bond acceptors (Lipinski definition) is 3. The highest BCUT2D eigenvalue weighted by Gasteiger charge is 2.45. The van der Waals surface area contributed by atoms with Crippen LogP contribution in [0.15, 0.2) is 23.8 Å². The van der Waals surface area contributed by atoms with E-state index in [0.29, 0.717) is 11.7 Å². The van der Waals surface area contributed by atoms with Crippen LogP contribution in [-0.2, 0) is 6.42 Å². The summed E-state index contributed by atoms with van der Waals surface area (Å²) in [6, 6.07) is 4.05. The van der Waals surface area contributed by atoms with E-state index in [-0.39, 0.29) is 18.1 Å². The Kier molecular flexibility index (Phi) is 4.91. The first-order valence-corrected chi connectivity index (χ1v) is 9.29. The SMILES string of the molecule is CCCCCc1cc(O)c2c(c1)OC(C)(C)[C@H]1CC=C(CO)C[C@@H]21. The van der Waals surface area contributed by atoms with E-state index < -0.39 is 0 Å². The number of aliphatic hydroxyl groups is 1. The molecule has 0 amide bonds. The van der Waals surface area contributed by atoms with Crippen LogP contribution in [0.3, 0.4) is 0 Å². The lowest BCUT2D eigenvalue weighted by Gasteiger charge is -2.47. The maximum Gasteiger partial charge on any atom is 0.127 e. The van der Waals surface area contributed by atoms with E-state index in [9.17, 15) is 10.2 Å². The smallest absolute Gasteiger partial charge is 0.127 e. The number of ether oxygens (including phenoxy) is 1. The molecule has 2 atom stereocenters. The molecule has 2 N–H and O–H groups in total. The van der Waals surface area contributed by atoms with Crippen molar-refractivity contribution in [3.8, 4) is 11.5 Å². The molecule has 1 aliphatic carbocycles. The number of benzene rings is 1. The predicted molar refractivity (Wildman–Crippen MR) is 96.7 cm³/mol. The van der Waals surface area contributed by atoms with Crippen LogP contribution in [-0.4, -0.2) is 22.4 Å². The van der Waals surface area contributed by atoms with Gasteiger partial charge in [-0.3, -0.25) is 0 Å². The summed E-state index contributed by atoms with van der Waals surface area (Å²) in [6.45, 7) is 6.60. The van der Waals surface area contributed by atoms with Crippen LogP contribution >= 0.6 is 0 Å². The molecule has 1 aliphatic heterocycles. The van der Waals surface area contributed by atoms with E-state index in [2.05, 4.69) is 32.9 Å². The van der Waals surface area contributed by atoms with Gasteiger partial charge in [-0.15, -0.1) is 0 Å². The molecule has 0 radical (unpaired) electrons. The number of allylic oxidation sites excluding steroid dienone is 1. The molecule has 0 fully saturated rings. The first-order valence-electron chi connectivity index (χ1n) is 9.29. The Morgan fingerprint density at radius 3 is 2.75 bits per heavy atom. The quantitative estimate of drug-likeness (QED) is 0.607. The number of aryl methyl sites for hydroxylation is 1. The summed E-state index contributed by atoms with van der Waals surface area (Å²) < 4.78 is 6.33.